The van der Waals surface area contributed by atoms with Gasteiger partial charge in [-0.3, -0.25) is 4.90 Å². The Morgan fingerprint density at radius 3 is 2.88 bits per heavy atom. The van der Waals surface area contributed by atoms with Gasteiger partial charge in [-0.05, 0) is 20.8 Å². The molecule has 0 N–H and O–H groups in total. The lowest BCUT2D eigenvalue weighted by Gasteiger charge is -2.40. The fourth-order valence-corrected chi connectivity index (χ4v) is 1.93. The second-order valence-electron chi connectivity index (χ2n) is 5.40. The largest absolute Gasteiger partial charge is 0.443 e. The SMILES string of the molecule is CC(C)(C)OC(=O)N1C=CN2CCOCC2C1. The fraction of sp³-hybridized carbons (Fsp3) is 0.750. The van der Waals surface area contributed by atoms with Crippen molar-refractivity contribution in [1.82, 2.24) is 9.80 Å². The van der Waals surface area contributed by atoms with E-state index in [0.29, 0.717) is 13.2 Å². The van der Waals surface area contributed by atoms with E-state index in [9.17, 15) is 4.79 Å². The Hall–Kier alpha value is -1.23. The van der Waals surface area contributed by atoms with E-state index in [1.807, 2.05) is 27.0 Å². The van der Waals surface area contributed by atoms with Crippen molar-refractivity contribution in [3.63, 3.8) is 0 Å². The molecule has 0 radical (unpaired) electrons. The van der Waals surface area contributed by atoms with Gasteiger partial charge in [-0.2, -0.15) is 0 Å². The summed E-state index contributed by atoms with van der Waals surface area (Å²) in [5.74, 6) is 0. The Balaban J connectivity index is 1.97. The van der Waals surface area contributed by atoms with E-state index in [1.165, 1.54) is 0 Å². The first-order chi connectivity index (χ1) is 7.96. The highest BCUT2D eigenvalue weighted by Crippen LogP contribution is 2.17. The first-order valence-electron chi connectivity index (χ1n) is 5.97. The van der Waals surface area contributed by atoms with E-state index in [0.717, 1.165) is 13.2 Å². The molecule has 0 aromatic carbocycles. The molecule has 1 saturated heterocycles. The first-order valence-corrected chi connectivity index (χ1v) is 5.97. The van der Waals surface area contributed by atoms with Gasteiger partial charge in [-0.15, -0.1) is 0 Å². The Bertz CT molecular complexity index is 322. The lowest BCUT2D eigenvalue weighted by molar-refractivity contribution is -0.0109. The van der Waals surface area contributed by atoms with Crippen LogP contribution < -0.4 is 0 Å². The van der Waals surface area contributed by atoms with Crippen molar-refractivity contribution in [2.75, 3.05) is 26.3 Å². The van der Waals surface area contributed by atoms with Crippen molar-refractivity contribution in [1.29, 1.82) is 0 Å². The van der Waals surface area contributed by atoms with Gasteiger partial charge in [0.1, 0.15) is 5.60 Å². The number of nitrogens with zero attached hydrogens (tertiary/aromatic N) is 2. The minimum atomic E-state index is -0.453. The van der Waals surface area contributed by atoms with Gasteiger partial charge >= 0.3 is 6.09 Å². The summed E-state index contributed by atoms with van der Waals surface area (Å²) in [6.07, 6.45) is 3.44. The molecular weight excluding hydrogens is 220 g/mol. The number of hydrogen-bond donors (Lipinski definition) is 0. The van der Waals surface area contributed by atoms with Crippen LogP contribution in [0.5, 0.6) is 0 Å². The van der Waals surface area contributed by atoms with Crippen molar-refractivity contribution >= 4 is 6.09 Å². The van der Waals surface area contributed by atoms with Crippen molar-refractivity contribution < 1.29 is 14.3 Å². The van der Waals surface area contributed by atoms with Crippen LogP contribution in [0.1, 0.15) is 20.8 Å². The molecule has 0 aromatic heterocycles. The van der Waals surface area contributed by atoms with Gasteiger partial charge in [0.15, 0.2) is 0 Å². The molecule has 0 bridgehead atoms. The van der Waals surface area contributed by atoms with Crippen LogP contribution in [-0.2, 0) is 9.47 Å². The zero-order chi connectivity index (χ0) is 12.5. The molecule has 2 rings (SSSR count). The predicted molar refractivity (Wildman–Crippen MR) is 63.4 cm³/mol. The van der Waals surface area contributed by atoms with Crippen LogP contribution in [0.3, 0.4) is 0 Å². The maximum absolute atomic E-state index is 11.9. The van der Waals surface area contributed by atoms with Crippen molar-refractivity contribution in [2.24, 2.45) is 0 Å². The standard InChI is InChI=1S/C12H20N2O3/c1-12(2,3)17-11(15)14-5-4-13-6-7-16-9-10(13)8-14/h4-5,10H,6-9H2,1-3H3. The monoisotopic (exact) mass is 240 g/mol. The average molecular weight is 240 g/mol. The molecule has 5 heteroatoms. The molecular formula is C12H20N2O3. The van der Waals surface area contributed by atoms with Crippen molar-refractivity contribution in [2.45, 2.75) is 32.4 Å². The van der Waals surface area contributed by atoms with E-state index in [2.05, 4.69) is 4.90 Å². The minimum Gasteiger partial charge on any atom is -0.443 e. The highest BCUT2D eigenvalue weighted by Gasteiger charge is 2.30. The number of hydrogen-bond acceptors (Lipinski definition) is 4. The van der Waals surface area contributed by atoms with Gasteiger partial charge in [0.05, 0.1) is 25.8 Å². The molecule has 0 spiro atoms. The minimum absolute atomic E-state index is 0.251. The van der Waals surface area contributed by atoms with E-state index in [4.69, 9.17) is 9.47 Å². The lowest BCUT2D eigenvalue weighted by atomic mass is 10.2. The third-order valence-electron chi connectivity index (χ3n) is 2.75. The topological polar surface area (TPSA) is 42.0 Å². The summed E-state index contributed by atoms with van der Waals surface area (Å²) in [5, 5.41) is 0. The number of rotatable bonds is 0. The molecule has 1 unspecified atom stereocenters. The van der Waals surface area contributed by atoms with Crippen molar-refractivity contribution in [3.05, 3.63) is 12.4 Å². The molecule has 1 amide bonds. The molecule has 1 fully saturated rings. The molecule has 96 valence electrons. The third kappa shape index (κ3) is 3.12. The first kappa shape index (κ1) is 12.2. The van der Waals surface area contributed by atoms with Crippen molar-refractivity contribution in [3.8, 4) is 0 Å². The van der Waals surface area contributed by atoms with Gasteiger partial charge in [-0.25, -0.2) is 4.79 Å². The maximum atomic E-state index is 11.9. The number of amides is 1. The molecule has 0 saturated carbocycles. The molecule has 2 aliphatic rings. The zero-order valence-corrected chi connectivity index (χ0v) is 10.7. The molecule has 17 heavy (non-hydrogen) atoms. The normalized spacial score (nSPS) is 24.5. The summed E-state index contributed by atoms with van der Waals surface area (Å²) < 4.78 is 10.7. The smallest absolute Gasteiger partial charge is 0.414 e. The van der Waals surface area contributed by atoms with E-state index in [-0.39, 0.29) is 12.1 Å². The van der Waals surface area contributed by atoms with Gasteiger partial charge in [0.2, 0.25) is 0 Å². The van der Waals surface area contributed by atoms with Crippen LogP contribution >= 0.6 is 0 Å². The fourth-order valence-electron chi connectivity index (χ4n) is 1.93. The predicted octanol–water partition coefficient (Wildman–Crippen LogP) is 1.41. The Morgan fingerprint density at radius 1 is 1.41 bits per heavy atom. The van der Waals surface area contributed by atoms with Gasteiger partial charge in [0.25, 0.3) is 0 Å². The summed E-state index contributed by atoms with van der Waals surface area (Å²) in [5.41, 5.74) is -0.453. The molecule has 2 aliphatic heterocycles. The number of fused-ring (bicyclic) bond motifs is 1. The molecule has 0 aromatic rings. The number of ether oxygens (including phenoxy) is 2. The Labute approximate surface area is 102 Å². The summed E-state index contributed by atoms with van der Waals surface area (Å²) in [7, 11) is 0. The van der Waals surface area contributed by atoms with Crippen LogP contribution in [0.2, 0.25) is 0 Å². The summed E-state index contributed by atoms with van der Waals surface area (Å²) in [6.45, 7) is 8.56. The summed E-state index contributed by atoms with van der Waals surface area (Å²) in [6, 6.07) is 0.251. The second kappa shape index (κ2) is 4.56. The van der Waals surface area contributed by atoms with Crippen LogP contribution in [-0.4, -0.2) is 53.8 Å². The Morgan fingerprint density at radius 2 is 2.18 bits per heavy atom. The third-order valence-corrected chi connectivity index (χ3v) is 2.75. The van der Waals surface area contributed by atoms with E-state index in [1.54, 1.807) is 11.1 Å². The van der Waals surface area contributed by atoms with Gasteiger partial charge < -0.3 is 14.4 Å². The Kier molecular flexibility index (Phi) is 3.28. The zero-order valence-electron chi connectivity index (χ0n) is 10.7. The van der Waals surface area contributed by atoms with E-state index < -0.39 is 5.60 Å². The average Bonchev–Trinajstić information content (AvgIpc) is 2.26. The van der Waals surface area contributed by atoms with Gasteiger partial charge in [0, 0.05) is 18.9 Å². The van der Waals surface area contributed by atoms with Crippen LogP contribution in [0.15, 0.2) is 12.4 Å². The molecule has 1 atom stereocenters. The van der Waals surface area contributed by atoms with Crippen LogP contribution in [0.4, 0.5) is 4.79 Å². The quantitative estimate of drug-likeness (QED) is 0.642. The highest BCUT2D eigenvalue weighted by molar-refractivity contribution is 5.69. The number of morpholine rings is 1. The van der Waals surface area contributed by atoms with Crippen LogP contribution in [0, 0.1) is 0 Å². The van der Waals surface area contributed by atoms with E-state index >= 15 is 0 Å². The number of carbonyl (C=O) groups excluding carboxylic acids is 1. The molecule has 5 nitrogen and oxygen atoms in total. The number of carbonyl (C=O) groups is 1. The maximum Gasteiger partial charge on any atom is 0.414 e. The highest BCUT2D eigenvalue weighted by atomic mass is 16.6. The second-order valence-corrected chi connectivity index (χ2v) is 5.40. The van der Waals surface area contributed by atoms with Crippen LogP contribution in [0.25, 0.3) is 0 Å². The molecule has 2 heterocycles. The lowest BCUT2D eigenvalue weighted by Crippen LogP contribution is -2.52. The summed E-state index contributed by atoms with van der Waals surface area (Å²) >= 11 is 0. The molecule has 0 aliphatic carbocycles. The summed E-state index contributed by atoms with van der Waals surface area (Å²) in [4.78, 5) is 15.7. The van der Waals surface area contributed by atoms with Gasteiger partial charge in [-0.1, -0.05) is 0 Å².